The molecule has 1 atom stereocenters. The molecule has 0 bridgehead atoms. The molecule has 2 N–H and O–H groups in total. The molecule has 0 spiro atoms. The third-order valence-electron chi connectivity index (χ3n) is 2.01. The second-order valence-electron chi connectivity index (χ2n) is 2.84. The Morgan fingerprint density at radius 3 is 2.92 bits per heavy atom. The first-order chi connectivity index (χ1) is 6.11. The summed E-state index contributed by atoms with van der Waals surface area (Å²) in [7, 11) is 0. The topological polar surface area (TPSA) is 32.3 Å². The highest BCUT2D eigenvalue weighted by Gasteiger charge is 2.28. The van der Waals surface area contributed by atoms with Crippen molar-refractivity contribution < 1.29 is 13.9 Å². The van der Waals surface area contributed by atoms with Crippen LogP contribution in [-0.2, 0) is 0 Å². The van der Waals surface area contributed by atoms with Crippen molar-refractivity contribution in [3.05, 3.63) is 27.7 Å². The van der Waals surface area contributed by atoms with Gasteiger partial charge in [-0.25, -0.2) is 8.78 Å². The molecular formula is C8H6BrF2NO. The standard InChI is InChI=1S/C8H6BrF2NO/c9-3-1-4(10)7(11)6-5(13)2-12-8(3)6/h1,5,12-13H,2H2/t5-/m0/s1. The maximum atomic E-state index is 13.1. The van der Waals surface area contributed by atoms with E-state index in [0.717, 1.165) is 6.07 Å². The van der Waals surface area contributed by atoms with Gasteiger partial charge in [0.25, 0.3) is 0 Å². The third kappa shape index (κ3) is 1.23. The fourth-order valence-electron chi connectivity index (χ4n) is 1.41. The fraction of sp³-hybridized carbons (Fsp3) is 0.250. The number of halogens is 3. The molecule has 0 amide bonds. The van der Waals surface area contributed by atoms with Gasteiger partial charge in [0.15, 0.2) is 11.6 Å². The van der Waals surface area contributed by atoms with Gasteiger partial charge in [-0.1, -0.05) is 0 Å². The van der Waals surface area contributed by atoms with Crippen LogP contribution in [0.4, 0.5) is 14.5 Å². The summed E-state index contributed by atoms with van der Waals surface area (Å²) in [5.74, 6) is -1.93. The number of aliphatic hydroxyl groups excluding tert-OH is 1. The number of anilines is 1. The molecule has 1 heterocycles. The summed E-state index contributed by atoms with van der Waals surface area (Å²) in [5.41, 5.74) is 0.443. The normalized spacial score (nSPS) is 19.8. The van der Waals surface area contributed by atoms with Crippen LogP contribution in [-0.4, -0.2) is 11.7 Å². The van der Waals surface area contributed by atoms with Crippen LogP contribution in [0.1, 0.15) is 11.7 Å². The molecule has 1 aliphatic rings. The van der Waals surface area contributed by atoms with Crippen molar-refractivity contribution in [1.29, 1.82) is 0 Å². The van der Waals surface area contributed by atoms with E-state index in [9.17, 15) is 13.9 Å². The molecule has 0 aliphatic carbocycles. The molecule has 0 aromatic heterocycles. The molecule has 0 saturated carbocycles. The number of hydrogen-bond donors (Lipinski definition) is 2. The maximum Gasteiger partial charge on any atom is 0.166 e. The molecule has 0 unspecified atom stereocenters. The zero-order valence-electron chi connectivity index (χ0n) is 6.44. The van der Waals surface area contributed by atoms with Gasteiger partial charge in [-0.2, -0.15) is 0 Å². The van der Waals surface area contributed by atoms with E-state index in [1.165, 1.54) is 0 Å². The molecule has 1 aromatic carbocycles. The van der Waals surface area contributed by atoms with Crippen molar-refractivity contribution in [3.63, 3.8) is 0 Å². The van der Waals surface area contributed by atoms with Gasteiger partial charge < -0.3 is 10.4 Å². The van der Waals surface area contributed by atoms with Crippen molar-refractivity contribution >= 4 is 21.6 Å². The summed E-state index contributed by atoms with van der Waals surface area (Å²) in [4.78, 5) is 0. The first kappa shape index (κ1) is 8.90. The highest BCUT2D eigenvalue weighted by Crippen LogP contribution is 2.38. The van der Waals surface area contributed by atoms with Crippen molar-refractivity contribution in [2.75, 3.05) is 11.9 Å². The predicted molar refractivity (Wildman–Crippen MR) is 47.5 cm³/mol. The van der Waals surface area contributed by atoms with Crippen molar-refractivity contribution in [3.8, 4) is 0 Å². The van der Waals surface area contributed by atoms with E-state index in [1.807, 2.05) is 0 Å². The highest BCUT2D eigenvalue weighted by atomic mass is 79.9. The number of nitrogens with one attached hydrogen (secondary N) is 1. The number of hydrogen-bond acceptors (Lipinski definition) is 2. The quantitative estimate of drug-likeness (QED) is 0.691. The van der Waals surface area contributed by atoms with E-state index in [1.54, 1.807) is 0 Å². The lowest BCUT2D eigenvalue weighted by molar-refractivity contribution is 0.194. The smallest absolute Gasteiger partial charge is 0.166 e. The Balaban J connectivity index is 2.70. The number of β-amino-alcohol motifs (C(OH)–C–C–N with tert-alkyl or cyclic N) is 1. The molecule has 70 valence electrons. The molecule has 0 saturated heterocycles. The van der Waals surface area contributed by atoms with Gasteiger partial charge in [0.2, 0.25) is 0 Å². The van der Waals surface area contributed by atoms with Gasteiger partial charge in [0.1, 0.15) is 6.10 Å². The van der Waals surface area contributed by atoms with E-state index in [-0.39, 0.29) is 12.1 Å². The molecule has 1 aliphatic heterocycles. The van der Waals surface area contributed by atoms with E-state index in [0.29, 0.717) is 10.2 Å². The van der Waals surface area contributed by atoms with Crippen LogP contribution >= 0.6 is 15.9 Å². The van der Waals surface area contributed by atoms with E-state index in [2.05, 4.69) is 21.2 Å². The average Bonchev–Trinajstić information content (AvgIpc) is 2.44. The Hall–Kier alpha value is -0.680. The number of aliphatic hydroxyl groups is 1. The fourth-order valence-corrected chi connectivity index (χ4v) is 1.96. The molecule has 13 heavy (non-hydrogen) atoms. The van der Waals surface area contributed by atoms with Crippen LogP contribution in [0.15, 0.2) is 10.5 Å². The highest BCUT2D eigenvalue weighted by molar-refractivity contribution is 9.10. The van der Waals surface area contributed by atoms with Gasteiger partial charge in [-0.15, -0.1) is 0 Å². The maximum absolute atomic E-state index is 13.1. The Morgan fingerprint density at radius 1 is 1.54 bits per heavy atom. The molecule has 1 aromatic rings. The van der Waals surface area contributed by atoms with Gasteiger partial charge in [0, 0.05) is 16.6 Å². The first-order valence-electron chi connectivity index (χ1n) is 3.70. The predicted octanol–water partition coefficient (Wildman–Crippen LogP) is 2.19. The van der Waals surface area contributed by atoms with E-state index < -0.39 is 17.7 Å². The zero-order valence-corrected chi connectivity index (χ0v) is 8.03. The minimum absolute atomic E-state index is 0.00637. The number of benzene rings is 1. The van der Waals surface area contributed by atoms with E-state index >= 15 is 0 Å². The third-order valence-corrected chi connectivity index (χ3v) is 2.64. The van der Waals surface area contributed by atoms with Gasteiger partial charge in [-0.3, -0.25) is 0 Å². The second-order valence-corrected chi connectivity index (χ2v) is 3.69. The summed E-state index contributed by atoms with van der Waals surface area (Å²) < 4.78 is 26.4. The molecule has 2 rings (SSSR count). The monoisotopic (exact) mass is 249 g/mol. The first-order valence-corrected chi connectivity index (χ1v) is 4.50. The van der Waals surface area contributed by atoms with Crippen LogP contribution in [0.5, 0.6) is 0 Å². The van der Waals surface area contributed by atoms with Crippen LogP contribution in [0.2, 0.25) is 0 Å². The lowest BCUT2D eigenvalue weighted by Crippen LogP contribution is -2.01. The molecular weight excluding hydrogens is 244 g/mol. The lowest BCUT2D eigenvalue weighted by atomic mass is 10.1. The van der Waals surface area contributed by atoms with Gasteiger partial charge in [0.05, 0.1) is 5.69 Å². The Morgan fingerprint density at radius 2 is 2.23 bits per heavy atom. The summed E-state index contributed by atoms with van der Waals surface area (Å²) in [6.07, 6.45) is -0.970. The average molecular weight is 250 g/mol. The Labute approximate surface area is 81.7 Å². The lowest BCUT2D eigenvalue weighted by Gasteiger charge is -2.06. The van der Waals surface area contributed by atoms with Gasteiger partial charge >= 0.3 is 0 Å². The van der Waals surface area contributed by atoms with Crippen LogP contribution in [0, 0.1) is 11.6 Å². The van der Waals surface area contributed by atoms with Crippen LogP contribution in [0.3, 0.4) is 0 Å². The molecule has 0 radical (unpaired) electrons. The summed E-state index contributed by atoms with van der Waals surface area (Å²) in [6, 6.07) is 1.04. The van der Waals surface area contributed by atoms with Crippen molar-refractivity contribution in [1.82, 2.24) is 0 Å². The molecule has 5 heteroatoms. The minimum atomic E-state index is -0.976. The van der Waals surface area contributed by atoms with Crippen molar-refractivity contribution in [2.45, 2.75) is 6.10 Å². The van der Waals surface area contributed by atoms with Crippen LogP contribution in [0.25, 0.3) is 0 Å². The molecule has 0 fully saturated rings. The second kappa shape index (κ2) is 2.92. The largest absolute Gasteiger partial charge is 0.386 e. The summed E-state index contributed by atoms with van der Waals surface area (Å²) in [6.45, 7) is 0.217. The summed E-state index contributed by atoms with van der Waals surface area (Å²) >= 11 is 3.08. The number of rotatable bonds is 0. The summed E-state index contributed by atoms with van der Waals surface area (Å²) in [5, 5.41) is 12.1. The Kier molecular flexibility index (Phi) is 2.00. The molecule has 2 nitrogen and oxygen atoms in total. The van der Waals surface area contributed by atoms with Gasteiger partial charge in [-0.05, 0) is 22.0 Å². The zero-order chi connectivity index (χ0) is 9.59. The van der Waals surface area contributed by atoms with Crippen molar-refractivity contribution in [2.24, 2.45) is 0 Å². The van der Waals surface area contributed by atoms with E-state index in [4.69, 9.17) is 0 Å². The minimum Gasteiger partial charge on any atom is -0.386 e. The van der Waals surface area contributed by atoms with Crippen LogP contribution < -0.4 is 5.32 Å². The number of fused-ring (bicyclic) bond motifs is 1. The Bertz CT molecular complexity index is 370. The SMILES string of the molecule is O[C@H]1CNc2c(Br)cc(F)c(F)c21.